The average molecular weight is 339 g/mol. The van der Waals surface area contributed by atoms with Crippen LogP contribution in [0.2, 0.25) is 5.02 Å². The van der Waals surface area contributed by atoms with Gasteiger partial charge < -0.3 is 15.0 Å². The van der Waals surface area contributed by atoms with Gasteiger partial charge in [0, 0.05) is 17.6 Å². The zero-order valence-corrected chi connectivity index (χ0v) is 14.5. The number of amides is 2. The van der Waals surface area contributed by atoms with Crippen LogP contribution in [0.1, 0.15) is 43.5 Å². The summed E-state index contributed by atoms with van der Waals surface area (Å²) in [6, 6.07) is 4.60. The van der Waals surface area contributed by atoms with E-state index >= 15 is 0 Å². The van der Waals surface area contributed by atoms with Gasteiger partial charge in [0.05, 0.1) is 12.7 Å². The fourth-order valence-corrected chi connectivity index (χ4v) is 2.90. The highest BCUT2D eigenvalue weighted by Crippen LogP contribution is 2.27. The molecule has 0 bridgehead atoms. The van der Waals surface area contributed by atoms with Gasteiger partial charge in [-0.3, -0.25) is 9.59 Å². The third-order valence-electron chi connectivity index (χ3n) is 4.21. The average Bonchev–Trinajstić information content (AvgIpc) is 3.03. The van der Waals surface area contributed by atoms with E-state index in [1.165, 1.54) is 7.11 Å². The van der Waals surface area contributed by atoms with Crippen LogP contribution in [-0.2, 0) is 4.79 Å². The second kappa shape index (κ2) is 7.68. The maximum absolute atomic E-state index is 12.9. The molecule has 1 heterocycles. The summed E-state index contributed by atoms with van der Waals surface area (Å²) < 4.78 is 5.25. The normalized spacial score (nSPS) is 18.6. The minimum atomic E-state index is -0.430. The van der Waals surface area contributed by atoms with Crippen LogP contribution in [0.15, 0.2) is 18.2 Å². The Hall–Kier alpha value is -1.75. The number of rotatable bonds is 5. The van der Waals surface area contributed by atoms with E-state index in [0.717, 1.165) is 12.8 Å². The number of nitrogens with zero attached hydrogens (tertiary/aromatic N) is 1. The first-order valence-corrected chi connectivity index (χ1v) is 8.30. The molecule has 1 aliphatic heterocycles. The van der Waals surface area contributed by atoms with E-state index in [-0.39, 0.29) is 17.9 Å². The quantitative estimate of drug-likeness (QED) is 0.898. The summed E-state index contributed by atoms with van der Waals surface area (Å²) in [6.45, 7) is 4.53. The molecule has 1 aliphatic rings. The van der Waals surface area contributed by atoms with Crippen molar-refractivity contribution in [1.29, 1.82) is 0 Å². The van der Waals surface area contributed by atoms with E-state index in [1.807, 2.05) is 13.8 Å². The molecule has 0 radical (unpaired) electrons. The van der Waals surface area contributed by atoms with Gasteiger partial charge in [-0.05, 0) is 44.4 Å². The molecular formula is C17H23ClN2O3. The molecule has 1 saturated heterocycles. The topological polar surface area (TPSA) is 58.6 Å². The molecule has 6 heteroatoms. The van der Waals surface area contributed by atoms with Crippen molar-refractivity contribution in [2.45, 2.75) is 45.2 Å². The number of nitrogens with one attached hydrogen (secondary N) is 1. The first kappa shape index (κ1) is 17.6. The van der Waals surface area contributed by atoms with Crippen molar-refractivity contribution in [1.82, 2.24) is 10.2 Å². The molecule has 0 unspecified atom stereocenters. The Labute approximate surface area is 141 Å². The number of hydrogen-bond donors (Lipinski definition) is 1. The summed E-state index contributed by atoms with van der Waals surface area (Å²) in [4.78, 5) is 26.9. The SMILES string of the molecule is CC[C@H](C)NC(=O)[C@H]1CCCN1C(=O)c1cc(Cl)ccc1OC. The second-order valence-corrected chi connectivity index (χ2v) is 6.26. The Morgan fingerprint density at radius 3 is 2.87 bits per heavy atom. The van der Waals surface area contributed by atoms with Crippen LogP contribution in [0, 0.1) is 0 Å². The van der Waals surface area contributed by atoms with Crippen LogP contribution in [0.3, 0.4) is 0 Å². The van der Waals surface area contributed by atoms with Crippen molar-refractivity contribution in [3.8, 4) is 5.75 Å². The highest BCUT2D eigenvalue weighted by atomic mass is 35.5. The predicted molar refractivity (Wildman–Crippen MR) is 90.0 cm³/mol. The summed E-state index contributed by atoms with van der Waals surface area (Å²) in [6.07, 6.45) is 2.35. The molecule has 126 valence electrons. The van der Waals surface area contributed by atoms with Crippen LogP contribution in [0.4, 0.5) is 0 Å². The van der Waals surface area contributed by atoms with Crippen molar-refractivity contribution in [3.05, 3.63) is 28.8 Å². The van der Waals surface area contributed by atoms with Gasteiger partial charge in [-0.1, -0.05) is 18.5 Å². The highest BCUT2D eigenvalue weighted by molar-refractivity contribution is 6.31. The third-order valence-corrected chi connectivity index (χ3v) is 4.44. The Bertz CT molecular complexity index is 591. The van der Waals surface area contributed by atoms with Crippen molar-refractivity contribution in [2.75, 3.05) is 13.7 Å². The summed E-state index contributed by atoms with van der Waals surface area (Å²) in [5, 5.41) is 3.42. The Morgan fingerprint density at radius 1 is 1.48 bits per heavy atom. The molecule has 23 heavy (non-hydrogen) atoms. The standard InChI is InChI=1S/C17H23ClN2O3/c1-4-11(2)19-16(21)14-6-5-9-20(14)17(22)13-10-12(18)7-8-15(13)23-3/h7-8,10-11,14H,4-6,9H2,1-3H3,(H,19,21)/t11-,14+/m0/s1. The minimum Gasteiger partial charge on any atom is -0.496 e. The van der Waals surface area contributed by atoms with Gasteiger partial charge in [-0.2, -0.15) is 0 Å². The lowest BCUT2D eigenvalue weighted by Crippen LogP contribution is -2.48. The molecule has 1 fully saturated rings. The highest BCUT2D eigenvalue weighted by Gasteiger charge is 2.35. The van der Waals surface area contributed by atoms with Crippen molar-refractivity contribution >= 4 is 23.4 Å². The van der Waals surface area contributed by atoms with E-state index < -0.39 is 6.04 Å². The minimum absolute atomic E-state index is 0.0915. The molecule has 5 nitrogen and oxygen atoms in total. The van der Waals surface area contributed by atoms with Gasteiger partial charge in [-0.25, -0.2) is 0 Å². The lowest BCUT2D eigenvalue weighted by Gasteiger charge is -2.26. The zero-order valence-electron chi connectivity index (χ0n) is 13.8. The van der Waals surface area contributed by atoms with Crippen LogP contribution >= 0.6 is 11.6 Å². The van der Waals surface area contributed by atoms with Gasteiger partial charge in [0.2, 0.25) is 5.91 Å². The molecule has 0 saturated carbocycles. The maximum Gasteiger partial charge on any atom is 0.258 e. The van der Waals surface area contributed by atoms with E-state index in [9.17, 15) is 9.59 Å². The van der Waals surface area contributed by atoms with Crippen LogP contribution in [0.25, 0.3) is 0 Å². The molecule has 2 amide bonds. The molecule has 1 aromatic carbocycles. The smallest absolute Gasteiger partial charge is 0.258 e. The van der Waals surface area contributed by atoms with Gasteiger partial charge >= 0.3 is 0 Å². The Kier molecular flexibility index (Phi) is 5.88. The number of carbonyl (C=O) groups is 2. The van der Waals surface area contributed by atoms with E-state index in [2.05, 4.69) is 5.32 Å². The van der Waals surface area contributed by atoms with Crippen molar-refractivity contribution in [2.24, 2.45) is 0 Å². The summed E-state index contributed by atoms with van der Waals surface area (Å²) >= 11 is 6.01. The number of benzene rings is 1. The number of methoxy groups -OCH3 is 1. The van der Waals surface area contributed by atoms with E-state index in [4.69, 9.17) is 16.3 Å². The molecule has 0 spiro atoms. The van der Waals surface area contributed by atoms with Gasteiger partial charge in [0.15, 0.2) is 0 Å². The van der Waals surface area contributed by atoms with E-state index in [0.29, 0.717) is 29.3 Å². The summed E-state index contributed by atoms with van der Waals surface area (Å²) in [7, 11) is 1.51. The lowest BCUT2D eigenvalue weighted by molar-refractivity contribution is -0.125. The lowest BCUT2D eigenvalue weighted by atomic mass is 10.1. The van der Waals surface area contributed by atoms with Crippen LogP contribution in [-0.4, -0.2) is 42.5 Å². The molecule has 1 N–H and O–H groups in total. The third kappa shape index (κ3) is 3.96. The number of likely N-dealkylation sites (tertiary alicyclic amines) is 1. The first-order chi connectivity index (χ1) is 11.0. The summed E-state index contributed by atoms with van der Waals surface area (Å²) in [5.41, 5.74) is 0.392. The number of ether oxygens (including phenoxy) is 1. The van der Waals surface area contributed by atoms with Gasteiger partial charge in [-0.15, -0.1) is 0 Å². The van der Waals surface area contributed by atoms with Gasteiger partial charge in [0.1, 0.15) is 11.8 Å². The first-order valence-electron chi connectivity index (χ1n) is 7.92. The maximum atomic E-state index is 12.9. The van der Waals surface area contributed by atoms with Crippen molar-refractivity contribution < 1.29 is 14.3 Å². The number of hydrogen-bond acceptors (Lipinski definition) is 3. The molecule has 1 aromatic rings. The number of carbonyl (C=O) groups excluding carboxylic acids is 2. The van der Waals surface area contributed by atoms with Gasteiger partial charge in [0.25, 0.3) is 5.91 Å². The number of halogens is 1. The van der Waals surface area contributed by atoms with Crippen LogP contribution in [0.5, 0.6) is 5.75 Å². The largest absolute Gasteiger partial charge is 0.496 e. The van der Waals surface area contributed by atoms with Crippen molar-refractivity contribution in [3.63, 3.8) is 0 Å². The Morgan fingerprint density at radius 2 is 2.22 bits per heavy atom. The Balaban J connectivity index is 2.21. The van der Waals surface area contributed by atoms with Crippen LogP contribution < -0.4 is 10.1 Å². The molecule has 0 aliphatic carbocycles. The van der Waals surface area contributed by atoms with E-state index in [1.54, 1.807) is 23.1 Å². The fraction of sp³-hybridized carbons (Fsp3) is 0.529. The monoisotopic (exact) mass is 338 g/mol. The fourth-order valence-electron chi connectivity index (χ4n) is 2.73. The molecule has 2 rings (SSSR count). The molecule has 0 aromatic heterocycles. The molecular weight excluding hydrogens is 316 g/mol. The zero-order chi connectivity index (χ0) is 17.0. The second-order valence-electron chi connectivity index (χ2n) is 5.82. The predicted octanol–water partition coefficient (Wildman–Crippen LogP) is 2.87. The molecule has 2 atom stereocenters. The summed E-state index contributed by atoms with van der Waals surface area (Å²) in [5.74, 6) is 0.157.